The van der Waals surface area contributed by atoms with Crippen molar-refractivity contribution >= 4 is 11.0 Å². The molecule has 0 unspecified atom stereocenters. The summed E-state index contributed by atoms with van der Waals surface area (Å²) in [6.07, 6.45) is 2.16. The van der Waals surface area contributed by atoms with Crippen molar-refractivity contribution in [1.82, 2.24) is 4.57 Å². The summed E-state index contributed by atoms with van der Waals surface area (Å²) in [6, 6.07) is 17.2. The summed E-state index contributed by atoms with van der Waals surface area (Å²) in [7, 11) is 2.09. The molecule has 0 spiro atoms. The van der Waals surface area contributed by atoms with Crippen LogP contribution in [0.15, 0.2) is 54.9 Å². The highest BCUT2D eigenvalue weighted by Gasteiger charge is 2.12. The molecule has 0 saturated heterocycles. The average Bonchev–Trinajstić information content (AvgIpc) is 2.70. The summed E-state index contributed by atoms with van der Waals surface area (Å²) >= 11 is 0. The Labute approximate surface area is 119 Å². The van der Waals surface area contributed by atoms with Crippen molar-refractivity contribution in [2.45, 2.75) is 13.5 Å². The third-order valence-corrected chi connectivity index (χ3v) is 3.36. The van der Waals surface area contributed by atoms with Crippen LogP contribution in [-0.2, 0) is 13.6 Å². The van der Waals surface area contributed by atoms with E-state index in [0.29, 0.717) is 0 Å². The average molecular weight is 273 g/mol. The Bertz CT molecular complexity index is 684. The van der Waals surface area contributed by atoms with Gasteiger partial charge < -0.3 is 12.4 Å². The van der Waals surface area contributed by atoms with Gasteiger partial charge in [0, 0.05) is 0 Å². The molecule has 0 amide bonds. The number of fused-ring (bicyclic) bond motifs is 1. The van der Waals surface area contributed by atoms with E-state index in [1.54, 1.807) is 0 Å². The number of para-hydroxylation sites is 2. The number of aryl methyl sites for hydroxylation is 2. The van der Waals surface area contributed by atoms with Crippen LogP contribution >= 0.6 is 0 Å². The fraction of sp³-hybridized carbons (Fsp3) is 0.188. The standard InChI is InChI=1S/C16H17N2.ClH/c1-13-7-9-14(10-8-13)11-18-12-17(2)15-5-3-4-6-16(15)18;/h3-10,12H,11H2,1-2H3;1H/q+1;/p-1. The van der Waals surface area contributed by atoms with Crippen LogP contribution in [0.5, 0.6) is 0 Å². The summed E-state index contributed by atoms with van der Waals surface area (Å²) in [5, 5.41) is 0. The molecule has 3 rings (SSSR count). The van der Waals surface area contributed by atoms with Gasteiger partial charge in [-0.05, 0) is 24.6 Å². The largest absolute Gasteiger partial charge is 1.00 e. The molecule has 0 atom stereocenters. The van der Waals surface area contributed by atoms with E-state index < -0.39 is 0 Å². The normalized spacial score (nSPS) is 10.4. The molecule has 0 aliphatic rings. The van der Waals surface area contributed by atoms with Crippen molar-refractivity contribution < 1.29 is 17.0 Å². The predicted octanol–water partition coefficient (Wildman–Crippen LogP) is -0.173. The Balaban J connectivity index is 0.00000133. The monoisotopic (exact) mass is 272 g/mol. The Morgan fingerprint density at radius 3 is 2.42 bits per heavy atom. The number of nitrogens with zero attached hydrogens (tertiary/aromatic N) is 2. The summed E-state index contributed by atoms with van der Waals surface area (Å²) in [6.45, 7) is 3.04. The van der Waals surface area contributed by atoms with Crippen molar-refractivity contribution in [3.05, 3.63) is 66.0 Å². The molecular weight excluding hydrogens is 256 g/mol. The highest BCUT2D eigenvalue weighted by atomic mass is 35.5. The van der Waals surface area contributed by atoms with Crippen molar-refractivity contribution in [3.63, 3.8) is 0 Å². The molecule has 98 valence electrons. The van der Waals surface area contributed by atoms with Crippen LogP contribution in [-0.4, -0.2) is 4.57 Å². The zero-order chi connectivity index (χ0) is 12.5. The van der Waals surface area contributed by atoms with Gasteiger partial charge in [0.2, 0.25) is 6.33 Å². The van der Waals surface area contributed by atoms with Gasteiger partial charge in [-0.15, -0.1) is 0 Å². The number of benzene rings is 2. The quantitative estimate of drug-likeness (QED) is 0.573. The first-order valence-electron chi connectivity index (χ1n) is 6.23. The second kappa shape index (κ2) is 5.45. The highest BCUT2D eigenvalue weighted by Crippen LogP contribution is 2.13. The van der Waals surface area contributed by atoms with Crippen LogP contribution in [0, 0.1) is 6.92 Å². The number of hydrogen-bond acceptors (Lipinski definition) is 0. The molecule has 2 aromatic carbocycles. The second-order valence-corrected chi connectivity index (χ2v) is 4.83. The number of hydrogen-bond donors (Lipinski definition) is 0. The third-order valence-electron chi connectivity index (χ3n) is 3.36. The van der Waals surface area contributed by atoms with E-state index in [2.05, 4.69) is 78.0 Å². The van der Waals surface area contributed by atoms with Gasteiger partial charge in [-0.1, -0.05) is 42.0 Å². The molecule has 3 aromatic rings. The summed E-state index contributed by atoms with van der Waals surface area (Å²) in [5.41, 5.74) is 5.19. The van der Waals surface area contributed by atoms with Crippen LogP contribution in [0.4, 0.5) is 0 Å². The Morgan fingerprint density at radius 1 is 1.00 bits per heavy atom. The van der Waals surface area contributed by atoms with E-state index in [9.17, 15) is 0 Å². The molecule has 0 radical (unpaired) electrons. The maximum Gasteiger partial charge on any atom is 0.244 e. The first-order chi connectivity index (χ1) is 8.74. The van der Waals surface area contributed by atoms with Gasteiger partial charge in [0.05, 0.1) is 7.05 Å². The number of rotatable bonds is 2. The van der Waals surface area contributed by atoms with Crippen LogP contribution in [0.2, 0.25) is 0 Å². The summed E-state index contributed by atoms with van der Waals surface area (Å²) in [5.74, 6) is 0. The minimum atomic E-state index is 0. The fourth-order valence-corrected chi connectivity index (χ4v) is 2.35. The van der Waals surface area contributed by atoms with E-state index >= 15 is 0 Å². The molecule has 0 aliphatic carbocycles. The van der Waals surface area contributed by atoms with Gasteiger partial charge in [-0.3, -0.25) is 0 Å². The molecule has 0 aliphatic heterocycles. The number of aromatic nitrogens is 2. The van der Waals surface area contributed by atoms with Crippen molar-refractivity contribution in [2.75, 3.05) is 0 Å². The minimum Gasteiger partial charge on any atom is -1.00 e. The lowest BCUT2D eigenvalue weighted by Crippen LogP contribution is -3.00. The van der Waals surface area contributed by atoms with Gasteiger partial charge >= 0.3 is 0 Å². The Hall–Kier alpha value is -1.80. The molecule has 0 bridgehead atoms. The molecule has 3 heteroatoms. The lowest BCUT2D eigenvalue weighted by atomic mass is 10.1. The van der Waals surface area contributed by atoms with Crippen molar-refractivity contribution in [3.8, 4) is 0 Å². The Kier molecular flexibility index (Phi) is 3.91. The molecule has 1 heterocycles. The molecule has 2 nitrogen and oxygen atoms in total. The maximum atomic E-state index is 2.29. The SMILES string of the molecule is Cc1ccc(Cn2c[n+](C)c3ccccc32)cc1.[Cl-]. The first kappa shape index (κ1) is 13.6. The zero-order valence-electron chi connectivity index (χ0n) is 11.2. The fourth-order valence-electron chi connectivity index (χ4n) is 2.35. The Morgan fingerprint density at radius 2 is 1.68 bits per heavy atom. The van der Waals surface area contributed by atoms with E-state index in [1.165, 1.54) is 22.2 Å². The van der Waals surface area contributed by atoms with Crippen LogP contribution in [0.3, 0.4) is 0 Å². The highest BCUT2D eigenvalue weighted by molar-refractivity contribution is 5.71. The first-order valence-corrected chi connectivity index (χ1v) is 6.23. The lowest BCUT2D eigenvalue weighted by molar-refractivity contribution is -0.645. The molecule has 0 N–H and O–H groups in total. The third kappa shape index (κ3) is 2.64. The van der Waals surface area contributed by atoms with Gasteiger partial charge in [0.15, 0.2) is 11.0 Å². The predicted molar refractivity (Wildman–Crippen MR) is 73.4 cm³/mol. The molecule has 19 heavy (non-hydrogen) atoms. The van der Waals surface area contributed by atoms with Crippen molar-refractivity contribution in [2.24, 2.45) is 7.05 Å². The minimum absolute atomic E-state index is 0. The van der Waals surface area contributed by atoms with Gasteiger partial charge in [0.25, 0.3) is 0 Å². The second-order valence-electron chi connectivity index (χ2n) is 4.83. The van der Waals surface area contributed by atoms with Crippen LogP contribution < -0.4 is 17.0 Å². The van der Waals surface area contributed by atoms with Crippen LogP contribution in [0.25, 0.3) is 11.0 Å². The molecule has 1 aromatic heterocycles. The van der Waals surface area contributed by atoms with E-state index in [1.807, 2.05) is 0 Å². The van der Waals surface area contributed by atoms with E-state index in [4.69, 9.17) is 0 Å². The molecular formula is C16H17ClN2. The molecule has 0 fully saturated rings. The van der Waals surface area contributed by atoms with Crippen LogP contribution in [0.1, 0.15) is 11.1 Å². The summed E-state index contributed by atoms with van der Waals surface area (Å²) < 4.78 is 4.46. The zero-order valence-corrected chi connectivity index (χ0v) is 11.9. The topological polar surface area (TPSA) is 8.81 Å². The molecule has 0 saturated carbocycles. The number of halogens is 1. The maximum absolute atomic E-state index is 2.29. The van der Waals surface area contributed by atoms with Crippen molar-refractivity contribution in [1.29, 1.82) is 0 Å². The van der Waals surface area contributed by atoms with Gasteiger partial charge in [-0.2, -0.15) is 0 Å². The number of imidazole rings is 1. The smallest absolute Gasteiger partial charge is 0.244 e. The summed E-state index contributed by atoms with van der Waals surface area (Å²) in [4.78, 5) is 0. The lowest BCUT2D eigenvalue weighted by Gasteiger charge is -1.99. The van der Waals surface area contributed by atoms with E-state index in [0.717, 1.165) is 6.54 Å². The van der Waals surface area contributed by atoms with Gasteiger partial charge in [-0.25, -0.2) is 9.13 Å². The van der Waals surface area contributed by atoms with E-state index in [-0.39, 0.29) is 12.4 Å². The van der Waals surface area contributed by atoms with Gasteiger partial charge in [0.1, 0.15) is 6.54 Å².